The number of rotatable bonds is 4. The van der Waals surface area contributed by atoms with Gasteiger partial charge in [0.25, 0.3) is 0 Å². The van der Waals surface area contributed by atoms with E-state index in [1.807, 2.05) is 0 Å². The number of hydrogen-bond donors (Lipinski definition) is 2. The molecule has 0 unspecified atom stereocenters. The Labute approximate surface area is 148 Å². The third-order valence-electron chi connectivity index (χ3n) is 4.19. The zero-order valence-corrected chi connectivity index (χ0v) is 14.4. The van der Waals surface area contributed by atoms with E-state index in [-0.39, 0.29) is 31.5 Å². The van der Waals surface area contributed by atoms with Crippen LogP contribution in [0.15, 0.2) is 18.2 Å². The van der Waals surface area contributed by atoms with Gasteiger partial charge in [-0.05, 0) is 38.3 Å². The number of nitrogens with zero attached hydrogens (tertiary/aromatic N) is 1. The zero-order chi connectivity index (χ0) is 19.7. The molecule has 1 saturated heterocycles. The van der Waals surface area contributed by atoms with Crippen molar-refractivity contribution < 1.29 is 31.9 Å². The molecule has 1 aliphatic heterocycles. The average molecular weight is 380 g/mol. The average Bonchev–Trinajstić information content (AvgIpc) is 2.61. The van der Waals surface area contributed by atoms with Crippen LogP contribution in [0.2, 0.25) is 0 Å². The molecule has 2 N–H and O–H groups in total. The number of hydrogen-bond acceptors (Lipinski definition) is 3. The number of alkyl halides is 3. The summed E-state index contributed by atoms with van der Waals surface area (Å²) in [6.07, 6.45) is -4.89. The van der Waals surface area contributed by atoms with Crippen molar-refractivity contribution in [2.24, 2.45) is 0 Å². The topological polar surface area (TPSA) is 52.6 Å². The van der Waals surface area contributed by atoms with E-state index < -0.39 is 41.4 Å². The third-order valence-corrected chi connectivity index (χ3v) is 4.19. The van der Waals surface area contributed by atoms with Crippen LogP contribution in [-0.4, -0.2) is 46.9 Å². The maximum absolute atomic E-state index is 14.1. The van der Waals surface area contributed by atoms with Crippen molar-refractivity contribution in [1.82, 2.24) is 10.2 Å². The third kappa shape index (κ3) is 5.38. The van der Waals surface area contributed by atoms with E-state index in [1.165, 1.54) is 31.3 Å². The SMILES string of the molecule is CC(C)(O)CN1C[C@H](c2cccc(F)c2F)CC[C@@H](NC(F)(F)F)C1=O. The maximum atomic E-state index is 14.1. The van der Waals surface area contributed by atoms with Gasteiger partial charge in [-0.15, -0.1) is 0 Å². The molecule has 0 bridgehead atoms. The predicted octanol–water partition coefficient (Wildman–Crippen LogP) is 2.92. The molecule has 1 heterocycles. The number of carbonyl (C=O) groups is 1. The van der Waals surface area contributed by atoms with Gasteiger partial charge in [0.1, 0.15) is 0 Å². The second kappa shape index (κ2) is 7.48. The Morgan fingerprint density at radius 2 is 1.88 bits per heavy atom. The number of carbonyl (C=O) groups excluding carboxylic acids is 1. The van der Waals surface area contributed by atoms with E-state index in [9.17, 15) is 31.9 Å². The van der Waals surface area contributed by atoms with Crippen LogP contribution in [0.1, 0.15) is 38.2 Å². The van der Waals surface area contributed by atoms with Crippen molar-refractivity contribution in [2.75, 3.05) is 13.1 Å². The fourth-order valence-corrected chi connectivity index (χ4v) is 3.19. The number of β-amino-alcohol motifs (C(OH)–C–C–N with tert-alkyl or cyclic N) is 1. The van der Waals surface area contributed by atoms with Gasteiger partial charge in [0.05, 0.1) is 11.6 Å². The summed E-state index contributed by atoms with van der Waals surface area (Å²) in [6, 6.07) is 2.07. The highest BCUT2D eigenvalue weighted by atomic mass is 19.4. The summed E-state index contributed by atoms with van der Waals surface area (Å²) >= 11 is 0. The molecular weight excluding hydrogens is 359 g/mol. The molecule has 0 saturated carbocycles. The lowest BCUT2D eigenvalue weighted by molar-refractivity contribution is -0.172. The lowest BCUT2D eigenvalue weighted by Crippen LogP contribution is -2.53. The summed E-state index contributed by atoms with van der Waals surface area (Å²) in [6.45, 7) is 2.48. The van der Waals surface area contributed by atoms with Gasteiger partial charge in [0.2, 0.25) is 5.91 Å². The molecule has 1 fully saturated rings. The largest absolute Gasteiger partial charge is 0.457 e. The normalized spacial score (nSPS) is 22.5. The van der Waals surface area contributed by atoms with Crippen molar-refractivity contribution in [3.05, 3.63) is 35.4 Å². The van der Waals surface area contributed by atoms with Crippen LogP contribution >= 0.6 is 0 Å². The molecule has 0 radical (unpaired) electrons. The molecule has 0 spiro atoms. The van der Waals surface area contributed by atoms with E-state index in [0.29, 0.717) is 0 Å². The van der Waals surface area contributed by atoms with Gasteiger partial charge in [-0.1, -0.05) is 12.1 Å². The lowest BCUT2D eigenvalue weighted by Gasteiger charge is -2.32. The van der Waals surface area contributed by atoms with E-state index in [1.54, 1.807) is 0 Å². The van der Waals surface area contributed by atoms with Crippen molar-refractivity contribution in [3.8, 4) is 0 Å². The molecule has 2 rings (SSSR count). The molecule has 0 aromatic heterocycles. The number of benzene rings is 1. The maximum Gasteiger partial charge on any atom is 0.457 e. The standard InChI is InChI=1S/C17H21F5N2O2/c1-16(2,26)9-24-8-10(11-4-3-5-12(18)14(11)19)6-7-13(15(24)25)23-17(20,21)22/h3-5,10,13,23,26H,6-9H2,1-2H3/t10-,13-/m1/s1. The molecule has 1 aliphatic rings. The number of likely N-dealkylation sites (tertiary alicyclic amines) is 1. The first-order valence-electron chi connectivity index (χ1n) is 8.17. The molecule has 26 heavy (non-hydrogen) atoms. The minimum atomic E-state index is -4.76. The van der Waals surface area contributed by atoms with Gasteiger partial charge in [0.15, 0.2) is 11.6 Å². The summed E-state index contributed by atoms with van der Waals surface area (Å²) in [7, 11) is 0. The van der Waals surface area contributed by atoms with Crippen LogP contribution in [-0.2, 0) is 4.79 Å². The van der Waals surface area contributed by atoms with Crippen LogP contribution in [0.5, 0.6) is 0 Å². The minimum Gasteiger partial charge on any atom is -0.389 e. The van der Waals surface area contributed by atoms with Gasteiger partial charge in [-0.25, -0.2) is 14.1 Å². The van der Waals surface area contributed by atoms with Crippen LogP contribution < -0.4 is 5.32 Å². The van der Waals surface area contributed by atoms with Crippen LogP contribution in [0.3, 0.4) is 0 Å². The highest BCUT2D eigenvalue weighted by Gasteiger charge is 2.40. The van der Waals surface area contributed by atoms with Crippen molar-refractivity contribution in [1.29, 1.82) is 0 Å². The summed E-state index contributed by atoms with van der Waals surface area (Å²) in [5.41, 5.74) is -1.35. The minimum absolute atomic E-state index is 0.00574. The Morgan fingerprint density at radius 1 is 1.23 bits per heavy atom. The van der Waals surface area contributed by atoms with E-state index in [0.717, 1.165) is 11.0 Å². The lowest BCUT2D eigenvalue weighted by atomic mass is 9.93. The first-order chi connectivity index (χ1) is 11.9. The Kier molecular flexibility index (Phi) is 5.92. The van der Waals surface area contributed by atoms with Gasteiger partial charge in [-0.3, -0.25) is 4.79 Å². The van der Waals surface area contributed by atoms with Gasteiger partial charge in [0, 0.05) is 19.0 Å². The molecule has 0 aliphatic carbocycles. The summed E-state index contributed by atoms with van der Waals surface area (Å²) < 4.78 is 65.8. The van der Waals surface area contributed by atoms with Crippen molar-refractivity contribution in [3.63, 3.8) is 0 Å². The molecule has 1 aromatic carbocycles. The molecule has 2 atom stereocenters. The number of halogens is 5. The second-order valence-corrected chi connectivity index (χ2v) is 7.14. The Bertz CT molecular complexity index is 658. The molecule has 9 heteroatoms. The monoisotopic (exact) mass is 380 g/mol. The zero-order valence-electron chi connectivity index (χ0n) is 14.4. The molecule has 1 amide bonds. The summed E-state index contributed by atoms with van der Waals surface area (Å²) in [4.78, 5) is 13.6. The first kappa shape index (κ1) is 20.6. The molecule has 4 nitrogen and oxygen atoms in total. The molecular formula is C17H21F5N2O2. The second-order valence-electron chi connectivity index (χ2n) is 7.14. The molecule has 146 valence electrons. The fraction of sp³-hybridized carbons (Fsp3) is 0.588. The highest BCUT2D eigenvalue weighted by Crippen LogP contribution is 2.31. The Balaban J connectivity index is 2.34. The van der Waals surface area contributed by atoms with Crippen molar-refractivity contribution >= 4 is 5.91 Å². The van der Waals surface area contributed by atoms with Crippen LogP contribution in [0.25, 0.3) is 0 Å². The summed E-state index contributed by atoms with van der Waals surface area (Å²) in [5, 5.41) is 11.3. The van der Waals surface area contributed by atoms with E-state index >= 15 is 0 Å². The number of nitrogens with one attached hydrogen (secondary N) is 1. The number of aliphatic hydroxyl groups is 1. The van der Waals surface area contributed by atoms with Gasteiger partial charge in [-0.2, -0.15) is 13.2 Å². The van der Waals surface area contributed by atoms with Crippen LogP contribution in [0.4, 0.5) is 22.0 Å². The Hall–Kier alpha value is -1.74. The Morgan fingerprint density at radius 3 is 2.46 bits per heavy atom. The van der Waals surface area contributed by atoms with Crippen LogP contribution in [0, 0.1) is 11.6 Å². The van der Waals surface area contributed by atoms with Crippen molar-refractivity contribution in [2.45, 2.75) is 50.6 Å². The summed E-state index contributed by atoms with van der Waals surface area (Å²) in [5.74, 6) is -3.65. The number of amides is 1. The first-order valence-corrected chi connectivity index (χ1v) is 8.17. The van der Waals surface area contributed by atoms with E-state index in [2.05, 4.69) is 0 Å². The van der Waals surface area contributed by atoms with E-state index in [4.69, 9.17) is 0 Å². The quantitative estimate of drug-likeness (QED) is 0.624. The molecule has 1 aromatic rings. The predicted molar refractivity (Wildman–Crippen MR) is 84.2 cm³/mol. The van der Waals surface area contributed by atoms with Gasteiger partial charge < -0.3 is 10.0 Å². The van der Waals surface area contributed by atoms with Gasteiger partial charge >= 0.3 is 6.30 Å². The smallest absolute Gasteiger partial charge is 0.389 e. The fourth-order valence-electron chi connectivity index (χ4n) is 3.19. The highest BCUT2D eigenvalue weighted by molar-refractivity contribution is 5.82.